The summed E-state index contributed by atoms with van der Waals surface area (Å²) >= 11 is 0. The van der Waals surface area contributed by atoms with Gasteiger partial charge in [-0.3, -0.25) is 9.80 Å². The molecule has 1 unspecified atom stereocenters. The fourth-order valence-corrected chi connectivity index (χ4v) is 3.35. The Labute approximate surface area is 166 Å². The highest BCUT2D eigenvalue weighted by Gasteiger charge is 2.52. The molecule has 7 nitrogen and oxygen atoms in total. The van der Waals surface area contributed by atoms with E-state index in [0.29, 0.717) is 25.7 Å². The first-order valence-electron chi connectivity index (χ1n) is 9.56. The Bertz CT molecular complexity index is 787. The van der Waals surface area contributed by atoms with Crippen LogP contribution in [0.4, 0.5) is 4.79 Å². The third-order valence-electron chi connectivity index (χ3n) is 4.96. The molecule has 150 valence electrons. The van der Waals surface area contributed by atoms with Crippen molar-refractivity contribution in [2.45, 2.75) is 38.9 Å². The van der Waals surface area contributed by atoms with E-state index in [4.69, 9.17) is 14.5 Å². The Balaban J connectivity index is 1.89. The van der Waals surface area contributed by atoms with E-state index in [0.717, 1.165) is 29.9 Å². The average molecular weight is 384 g/mol. The fourth-order valence-electron chi connectivity index (χ4n) is 3.35. The number of aliphatic imine (C=N–C) groups is 1. The first-order chi connectivity index (χ1) is 13.5. The molecule has 1 N–H and O–H groups in total. The second-order valence-electron chi connectivity index (χ2n) is 6.93. The molecule has 2 aliphatic heterocycles. The lowest BCUT2D eigenvalue weighted by molar-refractivity contribution is 0.162. The summed E-state index contributed by atoms with van der Waals surface area (Å²) in [4.78, 5) is 21.4. The van der Waals surface area contributed by atoms with E-state index in [2.05, 4.69) is 18.8 Å². The minimum Gasteiger partial charge on any atom is -0.497 e. The molecular weight excluding hydrogens is 356 g/mol. The van der Waals surface area contributed by atoms with Crippen molar-refractivity contribution in [2.75, 3.05) is 20.3 Å². The molecule has 0 aliphatic carbocycles. The molecule has 1 atom stereocenters. The van der Waals surface area contributed by atoms with Crippen molar-refractivity contribution in [1.82, 2.24) is 15.1 Å². The van der Waals surface area contributed by atoms with Gasteiger partial charge < -0.3 is 14.8 Å². The summed E-state index contributed by atoms with van der Waals surface area (Å²) in [6.07, 6.45) is 5.52. The predicted octanol–water partition coefficient (Wildman–Crippen LogP) is 3.45. The predicted molar refractivity (Wildman–Crippen MR) is 109 cm³/mol. The maximum absolute atomic E-state index is 13.2. The van der Waals surface area contributed by atoms with Gasteiger partial charge in [-0.25, -0.2) is 9.79 Å². The van der Waals surface area contributed by atoms with E-state index in [1.807, 2.05) is 37.4 Å². The number of hydrogen-bond acceptors (Lipinski definition) is 5. The zero-order valence-electron chi connectivity index (χ0n) is 16.8. The van der Waals surface area contributed by atoms with Crippen LogP contribution in [0, 0.1) is 0 Å². The van der Waals surface area contributed by atoms with Gasteiger partial charge in [0.1, 0.15) is 5.75 Å². The van der Waals surface area contributed by atoms with Gasteiger partial charge in [-0.05, 0) is 31.0 Å². The number of rotatable bonds is 8. The van der Waals surface area contributed by atoms with Gasteiger partial charge in [0.2, 0.25) is 0 Å². The minimum absolute atomic E-state index is 0.107. The minimum atomic E-state index is -0.840. The monoisotopic (exact) mass is 384 g/mol. The van der Waals surface area contributed by atoms with Crippen LogP contribution < -0.4 is 10.1 Å². The molecule has 1 aromatic carbocycles. The normalized spacial score (nSPS) is 20.9. The van der Waals surface area contributed by atoms with Crippen molar-refractivity contribution >= 4 is 12.1 Å². The second kappa shape index (κ2) is 8.37. The summed E-state index contributed by atoms with van der Waals surface area (Å²) in [7, 11) is 1.63. The molecule has 1 aromatic rings. The fraction of sp³-hybridized carbons (Fsp3) is 0.429. The quantitative estimate of drug-likeness (QED) is 0.551. The Morgan fingerprint density at radius 3 is 2.71 bits per heavy atom. The highest BCUT2D eigenvalue weighted by molar-refractivity contribution is 5.86. The lowest BCUT2D eigenvalue weighted by Gasteiger charge is -2.33. The van der Waals surface area contributed by atoms with Crippen LogP contribution in [-0.4, -0.2) is 47.8 Å². The Morgan fingerprint density at radius 1 is 1.32 bits per heavy atom. The molecule has 7 heteroatoms. The summed E-state index contributed by atoms with van der Waals surface area (Å²) in [5, 5.41) is 3.08. The standard InChI is InChI=1S/C21H28N4O3/c1-5-7-13-28-19-22-14-18-21(3,23-19)25(20(26)24(18)12-6-2)15-16-8-10-17(27-4)11-9-16/h6,8-11,14H,2,5,7,12-13,15H2,1,3-4H3,(H,22,23). The number of unbranched alkanes of at least 4 members (excludes halogenated alkanes) is 1. The van der Waals surface area contributed by atoms with E-state index < -0.39 is 5.66 Å². The summed E-state index contributed by atoms with van der Waals surface area (Å²) in [5.74, 6) is 0.781. The highest BCUT2D eigenvalue weighted by atomic mass is 16.5. The van der Waals surface area contributed by atoms with Gasteiger partial charge in [-0.15, -0.1) is 6.58 Å². The molecule has 0 aromatic heterocycles. The number of hydrogen-bond donors (Lipinski definition) is 1. The third kappa shape index (κ3) is 3.69. The summed E-state index contributed by atoms with van der Waals surface area (Å²) in [6.45, 7) is 9.26. The first kappa shape index (κ1) is 19.8. The van der Waals surface area contributed by atoms with E-state index in [-0.39, 0.29) is 6.03 Å². The number of fused-ring (bicyclic) bond motifs is 1. The average Bonchev–Trinajstić information content (AvgIpc) is 2.90. The number of benzene rings is 1. The van der Waals surface area contributed by atoms with E-state index in [1.54, 1.807) is 23.0 Å². The lowest BCUT2D eigenvalue weighted by Crippen LogP contribution is -2.46. The number of nitrogens with one attached hydrogen (secondary N) is 1. The van der Waals surface area contributed by atoms with Crippen molar-refractivity contribution in [2.24, 2.45) is 4.99 Å². The Hall–Kier alpha value is -2.96. The van der Waals surface area contributed by atoms with Crippen molar-refractivity contribution in [3.05, 3.63) is 54.4 Å². The molecule has 2 aliphatic rings. The zero-order valence-corrected chi connectivity index (χ0v) is 16.8. The largest absolute Gasteiger partial charge is 0.497 e. The van der Waals surface area contributed by atoms with Crippen molar-refractivity contribution in [3.63, 3.8) is 0 Å². The number of methoxy groups -OCH3 is 1. The van der Waals surface area contributed by atoms with Gasteiger partial charge >= 0.3 is 6.03 Å². The lowest BCUT2D eigenvalue weighted by atomic mass is 10.1. The van der Waals surface area contributed by atoms with Gasteiger partial charge in [-0.2, -0.15) is 0 Å². The topological polar surface area (TPSA) is 66.4 Å². The van der Waals surface area contributed by atoms with Crippen molar-refractivity contribution in [3.8, 4) is 5.75 Å². The van der Waals surface area contributed by atoms with Crippen LogP contribution in [0.5, 0.6) is 5.75 Å². The molecule has 1 fully saturated rings. The summed E-state index contributed by atoms with van der Waals surface area (Å²) < 4.78 is 11.0. The number of urea groups is 1. The first-order valence-corrected chi connectivity index (χ1v) is 9.56. The van der Waals surface area contributed by atoms with Gasteiger partial charge in [0.25, 0.3) is 6.02 Å². The molecular formula is C21H28N4O3. The number of ether oxygens (including phenoxy) is 2. The third-order valence-corrected chi connectivity index (χ3v) is 4.96. The van der Waals surface area contributed by atoms with Crippen LogP contribution in [0.3, 0.4) is 0 Å². The molecule has 2 heterocycles. The molecule has 0 radical (unpaired) electrons. The maximum Gasteiger partial charge on any atom is 0.327 e. The number of carbonyl (C=O) groups excluding carboxylic acids is 1. The Kier molecular flexibility index (Phi) is 5.92. The van der Waals surface area contributed by atoms with E-state index in [1.165, 1.54) is 0 Å². The molecule has 0 bridgehead atoms. The van der Waals surface area contributed by atoms with E-state index in [9.17, 15) is 4.79 Å². The van der Waals surface area contributed by atoms with Crippen LogP contribution >= 0.6 is 0 Å². The van der Waals surface area contributed by atoms with Crippen LogP contribution in [-0.2, 0) is 11.3 Å². The smallest absolute Gasteiger partial charge is 0.327 e. The number of carbonyl (C=O) groups is 1. The van der Waals surface area contributed by atoms with Gasteiger partial charge in [-0.1, -0.05) is 31.6 Å². The Morgan fingerprint density at radius 2 is 2.07 bits per heavy atom. The second-order valence-corrected chi connectivity index (χ2v) is 6.93. The van der Waals surface area contributed by atoms with Crippen LogP contribution in [0.1, 0.15) is 32.3 Å². The van der Waals surface area contributed by atoms with Crippen LogP contribution in [0.15, 0.2) is 53.8 Å². The molecule has 2 amide bonds. The summed E-state index contributed by atoms with van der Waals surface area (Å²) in [6, 6.07) is 8.03. The zero-order chi connectivity index (χ0) is 20.1. The number of amidine groups is 1. The van der Waals surface area contributed by atoms with Crippen LogP contribution in [0.25, 0.3) is 0 Å². The molecule has 28 heavy (non-hydrogen) atoms. The van der Waals surface area contributed by atoms with Crippen molar-refractivity contribution < 1.29 is 14.3 Å². The van der Waals surface area contributed by atoms with Gasteiger partial charge in [0, 0.05) is 12.7 Å². The maximum atomic E-state index is 13.2. The SMILES string of the molecule is C=CCN1C(=O)N(Cc2ccc(OC)cc2)C2(C)N=C(OCCCC)NC=C12. The molecule has 0 spiro atoms. The van der Waals surface area contributed by atoms with Gasteiger partial charge in [0.05, 0.1) is 26.0 Å². The van der Waals surface area contributed by atoms with Gasteiger partial charge in [0.15, 0.2) is 5.66 Å². The molecule has 0 saturated carbocycles. The molecule has 1 saturated heterocycles. The highest BCUT2D eigenvalue weighted by Crippen LogP contribution is 2.39. The molecule has 3 rings (SSSR count). The number of amides is 2. The number of nitrogens with zero attached hydrogens (tertiary/aromatic N) is 3. The van der Waals surface area contributed by atoms with Crippen LogP contribution in [0.2, 0.25) is 0 Å². The van der Waals surface area contributed by atoms with E-state index >= 15 is 0 Å². The van der Waals surface area contributed by atoms with Crippen molar-refractivity contribution in [1.29, 1.82) is 0 Å². The summed E-state index contributed by atoms with van der Waals surface area (Å²) in [5.41, 5.74) is 0.943.